The smallest absolute Gasteiger partial charge is 0.159 e. The molecule has 4 aliphatic carbocycles. The van der Waals surface area contributed by atoms with Crippen LogP contribution >= 0.6 is 0 Å². The second kappa shape index (κ2) is 5.75. The van der Waals surface area contributed by atoms with E-state index in [-0.39, 0.29) is 11.1 Å². The lowest BCUT2D eigenvalue weighted by Gasteiger charge is -2.62. The van der Waals surface area contributed by atoms with E-state index in [1.807, 2.05) is 18.7 Å². The first-order valence-electron chi connectivity index (χ1n) is 10.5. The molecule has 0 saturated heterocycles. The zero-order valence-corrected chi connectivity index (χ0v) is 16.3. The molecule has 0 aliphatic heterocycles. The summed E-state index contributed by atoms with van der Waals surface area (Å²) in [6, 6.07) is 4.31. The summed E-state index contributed by atoms with van der Waals surface area (Å²) in [6.45, 7) is 2.16. The van der Waals surface area contributed by atoms with Crippen molar-refractivity contribution in [3.8, 4) is 11.5 Å². The summed E-state index contributed by atoms with van der Waals surface area (Å²) >= 11 is 0. The van der Waals surface area contributed by atoms with Gasteiger partial charge in [0.25, 0.3) is 0 Å². The Bertz CT molecular complexity index is 972. The number of hydrogen-bond acceptors (Lipinski definition) is 4. The average Bonchev–Trinajstić information content (AvgIpc) is 3.40. The van der Waals surface area contributed by atoms with Crippen molar-refractivity contribution in [3.63, 3.8) is 0 Å². The number of imidazole rings is 1. The molecule has 0 radical (unpaired) electrons. The number of aryl methyl sites for hydroxylation is 1. The molecule has 4 fully saturated rings. The molecular formula is C22H26N6. The third kappa shape index (κ3) is 2.26. The van der Waals surface area contributed by atoms with Gasteiger partial charge in [0.15, 0.2) is 5.82 Å². The molecule has 3 heterocycles. The normalized spacial score (nSPS) is 33.5. The number of pyridine rings is 1. The molecule has 144 valence electrons. The molecule has 6 heteroatoms. The van der Waals surface area contributed by atoms with E-state index in [2.05, 4.69) is 44.6 Å². The van der Waals surface area contributed by atoms with Crippen LogP contribution in [0.15, 0.2) is 43.4 Å². The van der Waals surface area contributed by atoms with Gasteiger partial charge in [-0.15, -0.1) is 0 Å². The Morgan fingerprint density at radius 2 is 1.89 bits per heavy atom. The van der Waals surface area contributed by atoms with Crippen LogP contribution in [0.5, 0.6) is 0 Å². The molecule has 7 rings (SSSR count). The molecule has 0 amide bonds. The number of hydrogen-bond donors (Lipinski definition) is 0. The van der Waals surface area contributed by atoms with Crippen molar-refractivity contribution in [2.75, 3.05) is 0 Å². The van der Waals surface area contributed by atoms with Crippen molar-refractivity contribution in [1.29, 1.82) is 0 Å². The Labute approximate surface area is 165 Å². The molecular weight excluding hydrogens is 348 g/mol. The van der Waals surface area contributed by atoms with Gasteiger partial charge in [0.05, 0.1) is 5.54 Å². The van der Waals surface area contributed by atoms with Crippen LogP contribution in [0.1, 0.15) is 51.0 Å². The van der Waals surface area contributed by atoms with Gasteiger partial charge in [0, 0.05) is 24.1 Å². The van der Waals surface area contributed by atoms with Crippen molar-refractivity contribution in [3.05, 3.63) is 48.9 Å². The second-order valence-corrected chi connectivity index (χ2v) is 9.28. The molecule has 4 saturated carbocycles. The first-order chi connectivity index (χ1) is 13.7. The monoisotopic (exact) mass is 374 g/mol. The van der Waals surface area contributed by atoms with Gasteiger partial charge >= 0.3 is 0 Å². The van der Waals surface area contributed by atoms with Gasteiger partial charge in [-0.1, -0.05) is 13.0 Å². The Kier molecular flexibility index (Phi) is 3.38. The minimum absolute atomic E-state index is 0.113. The molecule has 28 heavy (non-hydrogen) atoms. The molecule has 6 nitrogen and oxygen atoms in total. The standard InChI is InChI=1S/C22H26N6/c1-2-16-3-4-19(25-12-16)20-24-5-6-27(20)21-8-17-7-18(9-21)11-22(10-17,13-21)28-15-23-14-26-28/h3-6,12,14-15,17-18H,2,7-11,13H2,1H3. The Balaban J connectivity index is 1.44. The van der Waals surface area contributed by atoms with Crippen LogP contribution < -0.4 is 0 Å². The van der Waals surface area contributed by atoms with Crippen LogP contribution in [0.2, 0.25) is 0 Å². The lowest BCUT2D eigenvalue weighted by atomic mass is 9.49. The van der Waals surface area contributed by atoms with E-state index >= 15 is 0 Å². The molecule has 2 atom stereocenters. The first kappa shape index (κ1) is 16.5. The van der Waals surface area contributed by atoms with Gasteiger partial charge in [0.2, 0.25) is 0 Å². The van der Waals surface area contributed by atoms with E-state index in [4.69, 9.17) is 9.97 Å². The highest BCUT2D eigenvalue weighted by Crippen LogP contribution is 2.63. The van der Waals surface area contributed by atoms with Crippen LogP contribution in [0.25, 0.3) is 11.5 Å². The summed E-state index contributed by atoms with van der Waals surface area (Å²) in [5.41, 5.74) is 2.48. The van der Waals surface area contributed by atoms with E-state index in [0.29, 0.717) is 0 Å². The zero-order chi connectivity index (χ0) is 18.8. The van der Waals surface area contributed by atoms with Crippen LogP contribution in [-0.4, -0.2) is 29.3 Å². The SMILES string of the molecule is CCc1ccc(-c2nccn2C23CC4CC(CC(n5cncn5)(C4)C2)C3)nc1. The molecule has 0 N–H and O–H groups in total. The summed E-state index contributed by atoms with van der Waals surface area (Å²) in [7, 11) is 0. The van der Waals surface area contributed by atoms with Crippen molar-refractivity contribution < 1.29 is 0 Å². The Morgan fingerprint density at radius 1 is 1.07 bits per heavy atom. The van der Waals surface area contributed by atoms with Gasteiger partial charge in [0.1, 0.15) is 18.3 Å². The van der Waals surface area contributed by atoms with Crippen molar-refractivity contribution in [1.82, 2.24) is 29.3 Å². The number of rotatable bonds is 4. The molecule has 3 aromatic heterocycles. The second-order valence-electron chi connectivity index (χ2n) is 9.28. The quantitative estimate of drug-likeness (QED) is 0.697. The molecule has 4 aliphatic rings. The van der Waals surface area contributed by atoms with Crippen molar-refractivity contribution in [2.45, 2.75) is 62.9 Å². The maximum atomic E-state index is 4.75. The third-order valence-electron chi connectivity index (χ3n) is 7.52. The Morgan fingerprint density at radius 3 is 2.57 bits per heavy atom. The topological polar surface area (TPSA) is 61.4 Å². The van der Waals surface area contributed by atoms with E-state index in [9.17, 15) is 0 Å². The van der Waals surface area contributed by atoms with Gasteiger partial charge < -0.3 is 4.57 Å². The highest BCUT2D eigenvalue weighted by Gasteiger charge is 2.60. The fraction of sp³-hybridized carbons (Fsp3) is 0.545. The lowest BCUT2D eigenvalue weighted by molar-refractivity contribution is -0.0968. The van der Waals surface area contributed by atoms with Crippen LogP contribution in [0, 0.1) is 11.8 Å². The first-order valence-corrected chi connectivity index (χ1v) is 10.5. The maximum absolute atomic E-state index is 4.75. The zero-order valence-electron chi connectivity index (χ0n) is 16.3. The third-order valence-corrected chi connectivity index (χ3v) is 7.52. The fourth-order valence-electron chi connectivity index (χ4n) is 6.81. The average molecular weight is 374 g/mol. The van der Waals surface area contributed by atoms with Gasteiger partial charge in [-0.3, -0.25) is 4.98 Å². The molecule has 4 bridgehead atoms. The number of nitrogens with zero attached hydrogens (tertiary/aromatic N) is 6. The molecule has 0 aromatic carbocycles. The Hall–Kier alpha value is -2.50. The maximum Gasteiger partial charge on any atom is 0.159 e. The van der Waals surface area contributed by atoms with Gasteiger partial charge in [-0.25, -0.2) is 14.6 Å². The minimum atomic E-state index is 0.113. The summed E-state index contributed by atoms with van der Waals surface area (Å²) in [5, 5.41) is 4.59. The fourth-order valence-corrected chi connectivity index (χ4v) is 6.81. The molecule has 0 spiro atoms. The van der Waals surface area contributed by atoms with Gasteiger partial charge in [-0.05, 0) is 68.4 Å². The molecule has 3 aromatic rings. The highest BCUT2D eigenvalue weighted by molar-refractivity contribution is 5.51. The highest BCUT2D eigenvalue weighted by atomic mass is 15.4. The van der Waals surface area contributed by atoms with Crippen LogP contribution in [-0.2, 0) is 17.5 Å². The van der Waals surface area contributed by atoms with E-state index in [1.54, 1.807) is 6.33 Å². The number of aromatic nitrogens is 6. The minimum Gasteiger partial charge on any atom is -0.323 e. The van der Waals surface area contributed by atoms with Crippen molar-refractivity contribution >= 4 is 0 Å². The summed E-state index contributed by atoms with van der Waals surface area (Å²) < 4.78 is 4.63. The van der Waals surface area contributed by atoms with Gasteiger partial charge in [-0.2, -0.15) is 5.10 Å². The predicted octanol–water partition coefficient (Wildman–Crippen LogP) is 3.80. The summed E-state index contributed by atoms with van der Waals surface area (Å²) in [4.78, 5) is 13.8. The largest absolute Gasteiger partial charge is 0.323 e. The van der Waals surface area contributed by atoms with E-state index in [1.165, 1.54) is 37.7 Å². The van der Waals surface area contributed by atoms with E-state index in [0.717, 1.165) is 36.2 Å². The molecule has 2 unspecified atom stereocenters. The van der Waals surface area contributed by atoms with Crippen molar-refractivity contribution in [2.24, 2.45) is 11.8 Å². The lowest BCUT2D eigenvalue weighted by Crippen LogP contribution is -2.60. The predicted molar refractivity (Wildman–Crippen MR) is 105 cm³/mol. The summed E-state index contributed by atoms with van der Waals surface area (Å²) in [5.74, 6) is 2.53. The van der Waals surface area contributed by atoms with Crippen LogP contribution in [0.3, 0.4) is 0 Å². The van der Waals surface area contributed by atoms with E-state index < -0.39 is 0 Å². The summed E-state index contributed by atoms with van der Waals surface area (Å²) in [6.07, 6.45) is 18.2. The van der Waals surface area contributed by atoms with Crippen LogP contribution in [0.4, 0.5) is 0 Å².